The van der Waals surface area contributed by atoms with Gasteiger partial charge < -0.3 is 0 Å². The zero-order chi connectivity index (χ0) is 41.5. The van der Waals surface area contributed by atoms with Gasteiger partial charge in [0.2, 0.25) is 0 Å². The van der Waals surface area contributed by atoms with Gasteiger partial charge in [0.25, 0.3) is 0 Å². The molecule has 0 aliphatic heterocycles. The van der Waals surface area contributed by atoms with E-state index in [1.54, 1.807) is 0 Å². The van der Waals surface area contributed by atoms with Gasteiger partial charge in [0.1, 0.15) is 0 Å². The molecule has 0 bridgehead atoms. The van der Waals surface area contributed by atoms with E-state index in [4.69, 9.17) is 13.5 Å². The summed E-state index contributed by atoms with van der Waals surface area (Å²) in [7, 11) is -1.33. The average Bonchev–Trinajstić information content (AvgIpc) is 3.35. The third-order valence-corrected chi connectivity index (χ3v) is 23.3. The molecule has 0 saturated carbocycles. The van der Waals surface area contributed by atoms with Crippen LogP contribution in [0.25, 0.3) is 0 Å². The fraction of sp³-hybridized carbons (Fsp3) is 0.0182. The topological polar surface area (TPSA) is 27.7 Å². The maximum absolute atomic E-state index is 8.50. The molecule has 0 atom stereocenters. The van der Waals surface area contributed by atoms with Gasteiger partial charge in [-0.05, 0) is 0 Å². The van der Waals surface area contributed by atoms with Crippen molar-refractivity contribution < 1.29 is 13.5 Å². The Morgan fingerprint density at radius 2 is 0.508 bits per heavy atom. The summed E-state index contributed by atoms with van der Waals surface area (Å²) in [5, 5.41) is 8.09. The summed E-state index contributed by atoms with van der Waals surface area (Å²) < 4.78 is 24.4. The van der Waals surface area contributed by atoms with Crippen molar-refractivity contribution in [2.24, 2.45) is 0 Å². The minimum absolute atomic E-state index is 0.628. The molecule has 0 spiro atoms. The second-order valence-electron chi connectivity index (χ2n) is 15.2. The molecule has 0 radical (unpaired) electrons. The quantitative estimate of drug-likeness (QED) is 0.0808. The zero-order valence-electron chi connectivity index (χ0n) is 34.1. The van der Waals surface area contributed by atoms with E-state index in [1.165, 1.54) is 0 Å². The van der Waals surface area contributed by atoms with E-state index < -0.39 is 21.0 Å². The average molecular weight is 829 g/mol. The Morgan fingerprint density at radius 1 is 0.279 bits per heavy atom. The van der Waals surface area contributed by atoms with Crippen LogP contribution in [0, 0.1) is 6.92 Å². The molecule has 0 unspecified atom stereocenters. The summed E-state index contributed by atoms with van der Waals surface area (Å²) in [6.07, 6.45) is 0. The van der Waals surface area contributed by atoms with Crippen LogP contribution >= 0.6 is 13.7 Å². The first-order valence-electron chi connectivity index (χ1n) is 20.7. The van der Waals surface area contributed by atoms with Crippen LogP contribution in [0.4, 0.5) is 0 Å². The molecule has 9 aromatic carbocycles. The Balaban J connectivity index is 1.48. The van der Waals surface area contributed by atoms with Gasteiger partial charge in [-0.15, -0.1) is 0 Å². The molecule has 0 fully saturated rings. The predicted molar refractivity (Wildman–Crippen MR) is 262 cm³/mol. The van der Waals surface area contributed by atoms with Crippen LogP contribution in [0.2, 0.25) is 0 Å². The molecule has 0 N–H and O–H groups in total. The third kappa shape index (κ3) is 6.56. The van der Waals surface area contributed by atoms with Gasteiger partial charge in [0, 0.05) is 0 Å². The second kappa shape index (κ2) is 16.9. The maximum atomic E-state index is 8.50. The van der Waals surface area contributed by atoms with Crippen LogP contribution in [0.3, 0.4) is 0 Å². The van der Waals surface area contributed by atoms with Crippen molar-refractivity contribution in [3.05, 3.63) is 272 Å². The molecular weight excluding hydrogens is 781 g/mol. The van der Waals surface area contributed by atoms with Gasteiger partial charge in [-0.2, -0.15) is 0 Å². The summed E-state index contributed by atoms with van der Waals surface area (Å²) in [5.41, 5.74) is 1.06. The molecule has 6 heteroatoms. The van der Waals surface area contributed by atoms with E-state index >= 15 is 0 Å². The first-order valence-corrected chi connectivity index (χ1v) is 25.0. The Bertz CT molecular complexity index is 2290. The third-order valence-electron chi connectivity index (χ3n) is 11.8. The molecule has 0 heterocycles. The van der Waals surface area contributed by atoms with Crippen molar-refractivity contribution in [3.8, 4) is 5.75 Å². The van der Waals surface area contributed by atoms with Crippen LogP contribution in [0.15, 0.2) is 267 Å². The zero-order valence-corrected chi connectivity index (χ0v) is 35.9. The van der Waals surface area contributed by atoms with Gasteiger partial charge >= 0.3 is 362 Å². The fourth-order valence-corrected chi connectivity index (χ4v) is 20.6. The van der Waals surface area contributed by atoms with Gasteiger partial charge in [-0.1, -0.05) is 0 Å². The van der Waals surface area contributed by atoms with E-state index in [1.807, 2.05) is 12.1 Å². The number of hydrogen-bond donors (Lipinski definition) is 0. The number of rotatable bonds is 14. The SMILES string of the molecule is Cc1cccc(OB(OP(c2ccccc2)(c2ccccc2)(c2ccccc2)c2ccccc2)OP(c2ccccc2)(c2ccccc2)(c2ccccc2)c2ccccc2)c1. The summed E-state index contributed by atoms with van der Waals surface area (Å²) in [6.45, 7) is -6.73. The second-order valence-corrected chi connectivity index (χ2v) is 23.9. The number of aryl methyl sites for hydroxylation is 1. The van der Waals surface area contributed by atoms with E-state index in [0.29, 0.717) is 5.75 Å². The van der Waals surface area contributed by atoms with E-state index in [-0.39, 0.29) is 0 Å². The summed E-state index contributed by atoms with van der Waals surface area (Å²) in [6, 6.07) is 93.6. The minimum atomic E-state index is -4.40. The molecule has 0 aromatic heterocycles. The van der Waals surface area contributed by atoms with Crippen molar-refractivity contribution in [3.63, 3.8) is 0 Å². The predicted octanol–water partition coefficient (Wildman–Crippen LogP) is 9.93. The van der Waals surface area contributed by atoms with Crippen molar-refractivity contribution in [1.29, 1.82) is 0 Å². The molecule has 298 valence electrons. The van der Waals surface area contributed by atoms with Crippen LogP contribution in [-0.4, -0.2) is 7.32 Å². The van der Waals surface area contributed by atoms with Gasteiger partial charge in [0.15, 0.2) is 0 Å². The van der Waals surface area contributed by atoms with Crippen molar-refractivity contribution >= 4 is 63.4 Å². The summed E-state index contributed by atoms with van der Waals surface area (Å²) in [5.74, 6) is 0.628. The molecule has 9 aromatic rings. The molecule has 61 heavy (non-hydrogen) atoms. The Hall–Kier alpha value is -6.38. The Kier molecular flexibility index (Phi) is 11.1. The Morgan fingerprint density at radius 3 is 0.721 bits per heavy atom. The molecular formula is C55H47BO3P2. The summed E-state index contributed by atoms with van der Waals surface area (Å²) in [4.78, 5) is 0. The standard InChI is InChI=1S/C55H47BO3P2/c1-46-27-26-28-47(45-46)57-56(58-60(48-29-10-2-11-30-48,49-31-12-3-13-32-49,50-33-14-4-15-34-50)51-35-16-5-17-36-51)59-61(52-37-18-6-19-38-52,53-39-20-7-21-40-53,54-41-22-8-23-42-54)55-43-24-9-25-44-55/h2-45H,1H3. The van der Waals surface area contributed by atoms with E-state index in [2.05, 4.69) is 262 Å². The van der Waals surface area contributed by atoms with Crippen molar-refractivity contribution in [2.75, 3.05) is 0 Å². The van der Waals surface area contributed by atoms with E-state index in [0.717, 1.165) is 48.0 Å². The first kappa shape index (κ1) is 40.1. The van der Waals surface area contributed by atoms with E-state index in [9.17, 15) is 0 Å². The molecule has 9 rings (SSSR count). The number of benzene rings is 9. The monoisotopic (exact) mass is 828 g/mol. The normalized spacial score (nSPS) is 12.9. The molecule has 0 aliphatic rings. The first-order chi connectivity index (χ1) is 30.1. The van der Waals surface area contributed by atoms with Crippen LogP contribution in [0.5, 0.6) is 5.75 Å². The van der Waals surface area contributed by atoms with Gasteiger partial charge in [0.05, 0.1) is 0 Å². The van der Waals surface area contributed by atoms with Gasteiger partial charge in [-0.25, -0.2) is 0 Å². The van der Waals surface area contributed by atoms with Gasteiger partial charge in [-0.3, -0.25) is 0 Å². The molecule has 0 aliphatic carbocycles. The fourth-order valence-electron chi connectivity index (χ4n) is 9.18. The van der Waals surface area contributed by atoms with Crippen LogP contribution in [-0.2, 0) is 8.88 Å². The molecule has 0 amide bonds. The van der Waals surface area contributed by atoms with Crippen LogP contribution in [0.1, 0.15) is 5.56 Å². The van der Waals surface area contributed by atoms with Crippen LogP contribution < -0.4 is 47.1 Å². The Labute approximate surface area is 360 Å². The summed E-state index contributed by atoms with van der Waals surface area (Å²) >= 11 is 0. The van der Waals surface area contributed by atoms with Crippen molar-refractivity contribution in [1.82, 2.24) is 0 Å². The molecule has 0 saturated heterocycles. The van der Waals surface area contributed by atoms with Crippen molar-refractivity contribution in [2.45, 2.75) is 6.92 Å². The number of hydrogen-bond acceptors (Lipinski definition) is 3. The molecule has 3 nitrogen and oxygen atoms in total.